The second-order valence-electron chi connectivity index (χ2n) is 4.25. The number of hydrogen-bond acceptors (Lipinski definition) is 2. The number of amides is 1. The number of nitrogens with one attached hydrogen (secondary N) is 2. The van der Waals surface area contributed by atoms with Gasteiger partial charge in [-0.15, -0.1) is 0 Å². The van der Waals surface area contributed by atoms with Crippen molar-refractivity contribution < 1.29 is 9.18 Å². The van der Waals surface area contributed by atoms with Crippen molar-refractivity contribution in [3.63, 3.8) is 0 Å². The summed E-state index contributed by atoms with van der Waals surface area (Å²) in [5, 5.41) is 5.75. The smallest absolute Gasteiger partial charge is 0.234 e. The van der Waals surface area contributed by atoms with E-state index in [9.17, 15) is 9.18 Å². The lowest BCUT2D eigenvalue weighted by atomic mass is 10.2. The van der Waals surface area contributed by atoms with Crippen LogP contribution >= 0.6 is 0 Å². The van der Waals surface area contributed by atoms with Gasteiger partial charge in [0.2, 0.25) is 5.91 Å². The Morgan fingerprint density at radius 1 is 1.28 bits per heavy atom. The molecular formula is C14H21FN2O. The van der Waals surface area contributed by atoms with Crippen LogP contribution in [0.15, 0.2) is 24.3 Å². The minimum Gasteiger partial charge on any atom is -0.351 e. The van der Waals surface area contributed by atoms with Crippen molar-refractivity contribution in [3.8, 4) is 0 Å². The molecule has 0 unspecified atom stereocenters. The highest BCUT2D eigenvalue weighted by atomic mass is 19.1. The fourth-order valence-electron chi connectivity index (χ4n) is 1.60. The minimum absolute atomic E-state index is 0.102. The number of benzene rings is 1. The van der Waals surface area contributed by atoms with Crippen molar-refractivity contribution in [2.45, 2.75) is 32.7 Å². The molecule has 2 N–H and O–H groups in total. The molecule has 1 amide bonds. The first-order chi connectivity index (χ1) is 8.74. The lowest BCUT2D eigenvalue weighted by Crippen LogP contribution is -2.34. The van der Waals surface area contributed by atoms with Gasteiger partial charge in [-0.1, -0.05) is 38.0 Å². The molecule has 3 nitrogen and oxygen atoms in total. The van der Waals surface area contributed by atoms with E-state index in [1.807, 2.05) is 0 Å². The Bertz CT molecular complexity index is 369. The molecule has 1 rings (SSSR count). The average molecular weight is 252 g/mol. The number of unbranched alkanes of at least 4 members (excludes halogenated alkanes) is 2. The maximum absolute atomic E-state index is 13.3. The Morgan fingerprint density at radius 2 is 2.06 bits per heavy atom. The van der Waals surface area contributed by atoms with E-state index in [1.165, 1.54) is 18.9 Å². The summed E-state index contributed by atoms with van der Waals surface area (Å²) in [6, 6.07) is 6.46. The first-order valence-corrected chi connectivity index (χ1v) is 6.45. The maximum atomic E-state index is 13.3. The van der Waals surface area contributed by atoms with Crippen molar-refractivity contribution >= 4 is 5.91 Å². The normalized spacial score (nSPS) is 10.3. The van der Waals surface area contributed by atoms with Gasteiger partial charge in [0.1, 0.15) is 5.82 Å². The van der Waals surface area contributed by atoms with Crippen LogP contribution in [-0.2, 0) is 11.3 Å². The first kappa shape index (κ1) is 14.6. The summed E-state index contributed by atoms with van der Waals surface area (Å²) < 4.78 is 13.3. The predicted octanol–water partition coefficient (Wildman–Crippen LogP) is 2.22. The molecule has 0 fully saturated rings. The van der Waals surface area contributed by atoms with Crippen molar-refractivity contribution in [1.82, 2.24) is 10.6 Å². The van der Waals surface area contributed by atoms with E-state index in [0.29, 0.717) is 5.56 Å². The molecule has 18 heavy (non-hydrogen) atoms. The third kappa shape index (κ3) is 5.77. The molecule has 0 aromatic heterocycles. The predicted molar refractivity (Wildman–Crippen MR) is 70.6 cm³/mol. The molecule has 100 valence electrons. The molecule has 0 aliphatic heterocycles. The summed E-state index contributed by atoms with van der Waals surface area (Å²) in [6.45, 7) is 3.52. The van der Waals surface area contributed by atoms with Crippen LogP contribution in [0.5, 0.6) is 0 Å². The van der Waals surface area contributed by atoms with Gasteiger partial charge in [-0.3, -0.25) is 4.79 Å². The van der Waals surface area contributed by atoms with E-state index in [0.717, 1.165) is 13.0 Å². The van der Waals surface area contributed by atoms with Crippen molar-refractivity contribution in [1.29, 1.82) is 0 Å². The fourth-order valence-corrected chi connectivity index (χ4v) is 1.60. The lowest BCUT2D eigenvalue weighted by Gasteiger charge is -2.07. The van der Waals surface area contributed by atoms with Crippen molar-refractivity contribution in [2.75, 3.05) is 13.1 Å². The van der Waals surface area contributed by atoms with E-state index in [-0.39, 0.29) is 24.8 Å². The number of hydrogen-bond donors (Lipinski definition) is 2. The summed E-state index contributed by atoms with van der Waals surface area (Å²) in [5.74, 6) is -0.386. The van der Waals surface area contributed by atoms with Gasteiger partial charge < -0.3 is 10.6 Å². The van der Waals surface area contributed by atoms with Gasteiger partial charge in [-0.05, 0) is 19.0 Å². The summed E-state index contributed by atoms with van der Waals surface area (Å²) in [6.07, 6.45) is 3.42. The summed E-state index contributed by atoms with van der Waals surface area (Å²) >= 11 is 0. The molecule has 0 heterocycles. The Hall–Kier alpha value is -1.42. The number of halogens is 1. The largest absolute Gasteiger partial charge is 0.351 e. The third-order valence-corrected chi connectivity index (χ3v) is 2.68. The van der Waals surface area contributed by atoms with Crippen LogP contribution in [0.3, 0.4) is 0 Å². The van der Waals surface area contributed by atoms with Gasteiger partial charge >= 0.3 is 0 Å². The third-order valence-electron chi connectivity index (χ3n) is 2.68. The van der Waals surface area contributed by atoms with Gasteiger partial charge in [0.25, 0.3) is 0 Å². The fraction of sp³-hybridized carbons (Fsp3) is 0.500. The average Bonchev–Trinajstić information content (AvgIpc) is 2.37. The standard InChI is InChI=1S/C14H21FN2O/c1-2-3-6-9-16-11-14(18)17-10-12-7-4-5-8-13(12)15/h4-5,7-8,16H,2-3,6,9-11H2,1H3,(H,17,18). The van der Waals surface area contributed by atoms with Gasteiger partial charge in [0, 0.05) is 12.1 Å². The number of carbonyl (C=O) groups is 1. The Balaban J connectivity index is 2.15. The number of carbonyl (C=O) groups excluding carboxylic acids is 1. The summed E-state index contributed by atoms with van der Waals surface area (Å²) in [4.78, 5) is 11.5. The highest BCUT2D eigenvalue weighted by Gasteiger charge is 2.03. The minimum atomic E-state index is -0.284. The van der Waals surface area contributed by atoms with Crippen LogP contribution in [0.25, 0.3) is 0 Å². The summed E-state index contributed by atoms with van der Waals surface area (Å²) in [5.41, 5.74) is 0.511. The van der Waals surface area contributed by atoms with Gasteiger partial charge in [0.15, 0.2) is 0 Å². The first-order valence-electron chi connectivity index (χ1n) is 6.45. The molecule has 0 spiro atoms. The quantitative estimate of drug-likeness (QED) is 0.697. The van der Waals surface area contributed by atoms with Gasteiger partial charge in [-0.25, -0.2) is 4.39 Å². The Labute approximate surface area is 108 Å². The molecule has 0 bridgehead atoms. The highest BCUT2D eigenvalue weighted by Crippen LogP contribution is 2.05. The molecule has 4 heteroatoms. The van der Waals surface area contributed by atoms with E-state index in [2.05, 4.69) is 17.6 Å². The maximum Gasteiger partial charge on any atom is 0.234 e. The van der Waals surface area contributed by atoms with E-state index in [1.54, 1.807) is 18.2 Å². The van der Waals surface area contributed by atoms with Crippen LogP contribution in [-0.4, -0.2) is 19.0 Å². The Kier molecular flexibility index (Phi) is 7.03. The molecule has 0 atom stereocenters. The van der Waals surface area contributed by atoms with Crippen LogP contribution < -0.4 is 10.6 Å². The monoisotopic (exact) mass is 252 g/mol. The molecule has 0 aliphatic rings. The van der Waals surface area contributed by atoms with E-state index in [4.69, 9.17) is 0 Å². The van der Waals surface area contributed by atoms with Crippen LogP contribution in [0.4, 0.5) is 4.39 Å². The highest BCUT2D eigenvalue weighted by molar-refractivity contribution is 5.77. The van der Waals surface area contributed by atoms with Crippen LogP contribution in [0, 0.1) is 5.82 Å². The zero-order valence-electron chi connectivity index (χ0n) is 10.8. The van der Waals surface area contributed by atoms with Crippen molar-refractivity contribution in [3.05, 3.63) is 35.6 Å². The molecule has 0 saturated heterocycles. The van der Waals surface area contributed by atoms with Gasteiger partial charge in [-0.2, -0.15) is 0 Å². The lowest BCUT2D eigenvalue weighted by molar-refractivity contribution is -0.120. The van der Waals surface area contributed by atoms with Crippen LogP contribution in [0.2, 0.25) is 0 Å². The molecule has 0 aliphatic carbocycles. The summed E-state index contributed by atoms with van der Waals surface area (Å²) in [7, 11) is 0. The van der Waals surface area contributed by atoms with Crippen molar-refractivity contribution in [2.24, 2.45) is 0 Å². The van der Waals surface area contributed by atoms with Crippen LogP contribution in [0.1, 0.15) is 31.7 Å². The molecule has 1 aromatic rings. The zero-order chi connectivity index (χ0) is 13.2. The number of rotatable bonds is 8. The second kappa shape index (κ2) is 8.64. The molecule has 0 saturated carbocycles. The molecule has 0 radical (unpaired) electrons. The second-order valence-corrected chi connectivity index (χ2v) is 4.25. The SMILES string of the molecule is CCCCCNCC(=O)NCc1ccccc1F. The van der Waals surface area contributed by atoms with E-state index < -0.39 is 0 Å². The Morgan fingerprint density at radius 3 is 2.78 bits per heavy atom. The molecule has 1 aromatic carbocycles. The zero-order valence-corrected chi connectivity index (χ0v) is 10.8. The van der Waals surface area contributed by atoms with Gasteiger partial charge in [0.05, 0.1) is 6.54 Å². The molecular weight excluding hydrogens is 231 g/mol. The topological polar surface area (TPSA) is 41.1 Å². The van der Waals surface area contributed by atoms with E-state index >= 15 is 0 Å².